The summed E-state index contributed by atoms with van der Waals surface area (Å²) in [6.45, 7) is 6.72. The van der Waals surface area contributed by atoms with Gasteiger partial charge in [-0.1, -0.05) is 26.3 Å². The van der Waals surface area contributed by atoms with Crippen molar-refractivity contribution in [2.45, 2.75) is 58.8 Å². The van der Waals surface area contributed by atoms with Crippen molar-refractivity contribution in [3.63, 3.8) is 0 Å². The average molecular weight is 480 g/mol. The fourth-order valence-corrected chi connectivity index (χ4v) is 4.37. The summed E-state index contributed by atoms with van der Waals surface area (Å²) in [6, 6.07) is 7.23. The third-order valence-corrected chi connectivity index (χ3v) is 6.23. The Morgan fingerprint density at radius 2 is 1.73 bits per heavy atom. The van der Waals surface area contributed by atoms with E-state index >= 15 is 0 Å². The Bertz CT molecular complexity index is 839. The van der Waals surface area contributed by atoms with Gasteiger partial charge in [0.1, 0.15) is 17.6 Å². The van der Waals surface area contributed by atoms with E-state index in [4.69, 9.17) is 13.9 Å². The van der Waals surface area contributed by atoms with Gasteiger partial charge in [0.15, 0.2) is 0 Å². The summed E-state index contributed by atoms with van der Waals surface area (Å²) < 4.78 is 16.1. The molecule has 0 radical (unpaired) electrons. The van der Waals surface area contributed by atoms with Crippen molar-refractivity contribution in [3.05, 3.63) is 34.7 Å². The highest BCUT2D eigenvalue weighted by molar-refractivity contribution is 7.99. The maximum absolute atomic E-state index is 12.2. The molecule has 0 bridgehead atoms. The SMILES string of the molecule is CCC=O.CCCCN(CCCCSCCCCOC)c1cc(=O)oc2cccc(OC)c12. The van der Waals surface area contributed by atoms with Crippen LogP contribution in [-0.2, 0) is 9.53 Å². The van der Waals surface area contributed by atoms with E-state index in [9.17, 15) is 9.59 Å². The number of carbonyl (C=O) groups is 1. The van der Waals surface area contributed by atoms with Gasteiger partial charge in [0, 0.05) is 39.3 Å². The van der Waals surface area contributed by atoms with Gasteiger partial charge in [-0.3, -0.25) is 0 Å². The third-order valence-electron chi connectivity index (χ3n) is 5.07. The highest BCUT2D eigenvalue weighted by atomic mass is 32.2. The quantitative estimate of drug-likeness (QED) is 0.168. The Kier molecular flexibility index (Phi) is 16.2. The van der Waals surface area contributed by atoms with E-state index < -0.39 is 0 Å². The van der Waals surface area contributed by atoms with Crippen LogP contribution in [0.2, 0.25) is 0 Å². The summed E-state index contributed by atoms with van der Waals surface area (Å²) >= 11 is 2.02. The highest BCUT2D eigenvalue weighted by Crippen LogP contribution is 2.33. The van der Waals surface area contributed by atoms with Crippen molar-refractivity contribution < 1.29 is 18.7 Å². The van der Waals surface area contributed by atoms with Crippen molar-refractivity contribution in [2.75, 3.05) is 50.3 Å². The number of carbonyl (C=O) groups excluding carboxylic acids is 1. The minimum atomic E-state index is -0.311. The molecule has 33 heavy (non-hydrogen) atoms. The molecule has 2 rings (SSSR count). The second-order valence-corrected chi connectivity index (χ2v) is 8.94. The summed E-state index contributed by atoms with van der Waals surface area (Å²) in [6.07, 6.45) is 8.35. The first kappa shape index (κ1) is 29.0. The lowest BCUT2D eigenvalue weighted by atomic mass is 10.1. The number of aldehydes is 1. The van der Waals surface area contributed by atoms with E-state index in [1.54, 1.807) is 20.3 Å². The predicted octanol–water partition coefficient (Wildman–Crippen LogP) is 5.94. The smallest absolute Gasteiger partial charge is 0.338 e. The zero-order valence-electron chi connectivity index (χ0n) is 20.8. The van der Waals surface area contributed by atoms with Crippen molar-refractivity contribution in [2.24, 2.45) is 0 Å². The molecule has 0 aliphatic heterocycles. The van der Waals surface area contributed by atoms with E-state index in [2.05, 4.69) is 11.8 Å². The van der Waals surface area contributed by atoms with Gasteiger partial charge in [0.25, 0.3) is 0 Å². The van der Waals surface area contributed by atoms with E-state index in [1.807, 2.05) is 36.9 Å². The van der Waals surface area contributed by atoms with Crippen LogP contribution in [-0.4, -0.2) is 51.7 Å². The summed E-state index contributed by atoms with van der Waals surface area (Å²) in [5.41, 5.74) is 1.20. The zero-order chi connectivity index (χ0) is 24.3. The Hall–Kier alpha value is -1.99. The van der Waals surface area contributed by atoms with E-state index in [0.717, 1.165) is 68.5 Å². The van der Waals surface area contributed by atoms with Gasteiger partial charge in [-0.15, -0.1) is 0 Å². The first-order chi connectivity index (χ1) is 16.1. The number of nitrogens with zero attached hydrogens (tertiary/aromatic N) is 1. The molecule has 1 aromatic heterocycles. The molecule has 0 saturated heterocycles. The van der Waals surface area contributed by atoms with Crippen molar-refractivity contribution >= 4 is 34.7 Å². The molecular formula is C26H41NO5S. The van der Waals surface area contributed by atoms with E-state index in [0.29, 0.717) is 12.0 Å². The fraction of sp³-hybridized carbons (Fsp3) is 0.615. The van der Waals surface area contributed by atoms with Gasteiger partial charge < -0.3 is 23.6 Å². The molecule has 0 N–H and O–H groups in total. The van der Waals surface area contributed by atoms with Crippen molar-refractivity contribution in [3.8, 4) is 5.75 Å². The number of thioether (sulfide) groups is 1. The molecule has 1 heterocycles. The molecule has 0 saturated carbocycles. The lowest BCUT2D eigenvalue weighted by molar-refractivity contribution is -0.107. The maximum atomic E-state index is 12.2. The highest BCUT2D eigenvalue weighted by Gasteiger charge is 2.16. The Labute approximate surface area is 203 Å². The summed E-state index contributed by atoms with van der Waals surface area (Å²) in [5, 5.41) is 0.887. The number of fused-ring (bicyclic) bond motifs is 1. The average Bonchev–Trinajstić information content (AvgIpc) is 2.84. The molecular weight excluding hydrogens is 438 g/mol. The second-order valence-electron chi connectivity index (χ2n) is 7.72. The van der Waals surface area contributed by atoms with Gasteiger partial charge in [-0.05, 0) is 55.7 Å². The van der Waals surface area contributed by atoms with Crippen LogP contribution in [0.5, 0.6) is 5.75 Å². The van der Waals surface area contributed by atoms with Gasteiger partial charge in [-0.2, -0.15) is 11.8 Å². The minimum Gasteiger partial charge on any atom is -0.496 e. The third kappa shape index (κ3) is 11.1. The van der Waals surface area contributed by atoms with Crippen LogP contribution < -0.4 is 15.3 Å². The number of rotatable bonds is 16. The summed E-state index contributed by atoms with van der Waals surface area (Å²) in [7, 11) is 3.41. The molecule has 1 aromatic carbocycles. The molecule has 0 fully saturated rings. The molecule has 2 aromatic rings. The maximum Gasteiger partial charge on any atom is 0.338 e. The van der Waals surface area contributed by atoms with Crippen LogP contribution in [0.25, 0.3) is 11.0 Å². The number of hydrogen-bond acceptors (Lipinski definition) is 7. The molecule has 6 nitrogen and oxygen atoms in total. The molecule has 186 valence electrons. The summed E-state index contributed by atoms with van der Waals surface area (Å²) in [5.74, 6) is 3.12. The monoisotopic (exact) mass is 479 g/mol. The van der Waals surface area contributed by atoms with Crippen LogP contribution in [0.3, 0.4) is 0 Å². The van der Waals surface area contributed by atoms with Crippen LogP contribution in [0.4, 0.5) is 5.69 Å². The van der Waals surface area contributed by atoms with E-state index in [1.165, 1.54) is 24.3 Å². The standard InChI is InChI=1S/C23H35NO4S.C3H6O/c1-4-5-13-24(14-6-8-16-29-17-9-7-15-26-2)19-18-22(25)28-21-12-10-11-20(27-3)23(19)21;1-2-3-4/h10-12,18H,4-9,13-17H2,1-3H3;3H,2H2,1H3. The Morgan fingerprint density at radius 3 is 2.36 bits per heavy atom. The first-order valence-electron chi connectivity index (χ1n) is 12.0. The second kappa shape index (κ2) is 18.4. The lowest BCUT2D eigenvalue weighted by Gasteiger charge is -2.26. The molecule has 7 heteroatoms. The number of anilines is 1. The number of unbranched alkanes of at least 4 members (excludes halogenated alkanes) is 3. The van der Waals surface area contributed by atoms with Gasteiger partial charge >= 0.3 is 5.63 Å². The number of benzene rings is 1. The molecule has 0 aliphatic carbocycles. The lowest BCUT2D eigenvalue weighted by Crippen LogP contribution is -2.27. The Balaban J connectivity index is 0.00000125. The van der Waals surface area contributed by atoms with Gasteiger partial charge in [0.05, 0.1) is 18.2 Å². The van der Waals surface area contributed by atoms with Crippen LogP contribution in [0.15, 0.2) is 33.5 Å². The van der Waals surface area contributed by atoms with Gasteiger partial charge in [-0.25, -0.2) is 4.79 Å². The first-order valence-corrected chi connectivity index (χ1v) is 13.1. The van der Waals surface area contributed by atoms with E-state index in [-0.39, 0.29) is 5.63 Å². The zero-order valence-corrected chi connectivity index (χ0v) is 21.6. The van der Waals surface area contributed by atoms with Gasteiger partial charge in [0.2, 0.25) is 0 Å². The van der Waals surface area contributed by atoms with Crippen molar-refractivity contribution in [1.29, 1.82) is 0 Å². The predicted molar refractivity (Wildman–Crippen MR) is 140 cm³/mol. The number of methoxy groups -OCH3 is 2. The molecule has 0 atom stereocenters. The van der Waals surface area contributed by atoms with Crippen LogP contribution in [0, 0.1) is 0 Å². The van der Waals surface area contributed by atoms with Crippen LogP contribution in [0.1, 0.15) is 58.8 Å². The molecule has 0 unspecified atom stereocenters. The molecule has 0 amide bonds. The Morgan fingerprint density at radius 1 is 1.03 bits per heavy atom. The number of ether oxygens (including phenoxy) is 2. The number of hydrogen-bond donors (Lipinski definition) is 0. The fourth-order valence-electron chi connectivity index (χ4n) is 3.35. The topological polar surface area (TPSA) is 69.0 Å². The molecule has 0 spiro atoms. The van der Waals surface area contributed by atoms with Crippen molar-refractivity contribution in [1.82, 2.24) is 0 Å². The largest absolute Gasteiger partial charge is 0.496 e. The minimum absolute atomic E-state index is 0.311. The normalized spacial score (nSPS) is 10.5. The molecule has 0 aliphatic rings. The summed E-state index contributed by atoms with van der Waals surface area (Å²) in [4.78, 5) is 23.7. The van der Waals surface area contributed by atoms with Crippen LogP contribution >= 0.6 is 11.8 Å².